The highest BCUT2D eigenvalue weighted by atomic mass is 28.4. The first kappa shape index (κ1) is 14.0. The Morgan fingerprint density at radius 2 is 1.16 bits per heavy atom. The van der Waals surface area contributed by atoms with Crippen molar-refractivity contribution in [3.8, 4) is 0 Å². The Labute approximate surface area is 116 Å². The molecule has 3 heteroatoms. The first-order valence-corrected chi connectivity index (χ1v) is 8.18. The molecule has 2 rings (SSSR count). The van der Waals surface area contributed by atoms with Crippen molar-refractivity contribution in [2.75, 3.05) is 14.2 Å². The predicted molar refractivity (Wildman–Crippen MR) is 81.4 cm³/mol. The molecule has 0 N–H and O–H groups in total. The molecule has 0 aliphatic carbocycles. The highest BCUT2D eigenvalue weighted by Gasteiger charge is 2.40. The van der Waals surface area contributed by atoms with Crippen LogP contribution in [0.25, 0.3) is 0 Å². The number of hydrogen-bond donors (Lipinski definition) is 0. The molecule has 2 nitrogen and oxygen atoms in total. The van der Waals surface area contributed by atoms with Gasteiger partial charge in [-0.25, -0.2) is 0 Å². The van der Waals surface area contributed by atoms with Crippen LogP contribution >= 0.6 is 0 Å². The highest BCUT2D eigenvalue weighted by Crippen LogP contribution is 2.10. The minimum Gasteiger partial charge on any atom is -0.391 e. The standard InChI is InChI=1S/C16H20O2Si/c1-13-7-5-9-15(11-13)19(17-3,18-4)16-10-6-8-14(2)12-16/h5-12H,1-4H3. The maximum atomic E-state index is 5.89. The summed E-state index contributed by atoms with van der Waals surface area (Å²) >= 11 is 0. The summed E-state index contributed by atoms with van der Waals surface area (Å²) in [7, 11) is 0.915. The van der Waals surface area contributed by atoms with Gasteiger partial charge in [0.2, 0.25) is 0 Å². The molecule has 0 saturated heterocycles. The van der Waals surface area contributed by atoms with E-state index < -0.39 is 8.56 Å². The van der Waals surface area contributed by atoms with Gasteiger partial charge in [-0.2, -0.15) is 0 Å². The van der Waals surface area contributed by atoms with Crippen LogP contribution < -0.4 is 10.4 Å². The zero-order valence-corrected chi connectivity index (χ0v) is 12.9. The smallest absolute Gasteiger partial charge is 0.391 e. The fraction of sp³-hybridized carbons (Fsp3) is 0.250. The molecule has 0 fully saturated rings. The Morgan fingerprint density at radius 3 is 1.47 bits per heavy atom. The van der Waals surface area contributed by atoms with Crippen molar-refractivity contribution in [1.82, 2.24) is 0 Å². The van der Waals surface area contributed by atoms with Crippen LogP contribution in [0.5, 0.6) is 0 Å². The fourth-order valence-corrected chi connectivity index (χ4v) is 5.33. The van der Waals surface area contributed by atoms with E-state index in [1.807, 2.05) is 0 Å². The van der Waals surface area contributed by atoms with Crippen molar-refractivity contribution in [3.63, 3.8) is 0 Å². The van der Waals surface area contributed by atoms with Crippen molar-refractivity contribution >= 4 is 18.9 Å². The molecule has 0 bridgehead atoms. The largest absolute Gasteiger partial charge is 0.406 e. The molecule has 0 heterocycles. The summed E-state index contributed by atoms with van der Waals surface area (Å²) < 4.78 is 11.8. The Hall–Kier alpha value is -1.42. The minimum absolute atomic E-state index is 1.14. The lowest BCUT2D eigenvalue weighted by atomic mass is 10.2. The lowest BCUT2D eigenvalue weighted by Crippen LogP contribution is -2.62. The monoisotopic (exact) mass is 272 g/mol. The van der Waals surface area contributed by atoms with E-state index in [0.717, 1.165) is 10.4 Å². The Bertz CT molecular complexity index is 515. The normalized spacial score (nSPS) is 11.6. The van der Waals surface area contributed by atoms with E-state index in [-0.39, 0.29) is 0 Å². The maximum absolute atomic E-state index is 5.89. The van der Waals surface area contributed by atoms with Gasteiger partial charge in [0, 0.05) is 14.2 Å². The van der Waals surface area contributed by atoms with Gasteiger partial charge in [0.25, 0.3) is 0 Å². The first-order chi connectivity index (χ1) is 9.12. The van der Waals surface area contributed by atoms with Gasteiger partial charge in [-0.3, -0.25) is 0 Å². The van der Waals surface area contributed by atoms with E-state index in [1.54, 1.807) is 14.2 Å². The molecule has 0 aliphatic rings. The Kier molecular flexibility index (Phi) is 4.19. The zero-order chi connectivity index (χ0) is 13.9. The molecule has 0 atom stereocenters. The van der Waals surface area contributed by atoms with E-state index >= 15 is 0 Å². The average Bonchev–Trinajstić information content (AvgIpc) is 2.41. The van der Waals surface area contributed by atoms with Gasteiger partial charge in [0.1, 0.15) is 0 Å². The van der Waals surface area contributed by atoms with E-state index in [1.165, 1.54) is 11.1 Å². The average molecular weight is 272 g/mol. The van der Waals surface area contributed by atoms with Gasteiger partial charge in [0.05, 0.1) is 0 Å². The topological polar surface area (TPSA) is 18.5 Å². The molecule has 0 aliphatic heterocycles. The number of rotatable bonds is 4. The van der Waals surface area contributed by atoms with Gasteiger partial charge in [-0.1, -0.05) is 59.7 Å². The van der Waals surface area contributed by atoms with Crippen LogP contribution in [0, 0.1) is 13.8 Å². The lowest BCUT2D eigenvalue weighted by Gasteiger charge is -2.28. The van der Waals surface area contributed by atoms with Crippen LogP contribution in [0.1, 0.15) is 11.1 Å². The molecule has 100 valence electrons. The summed E-state index contributed by atoms with van der Waals surface area (Å²) in [5, 5.41) is 2.28. The second-order valence-corrected chi connectivity index (χ2v) is 7.97. The third kappa shape index (κ3) is 2.63. The van der Waals surface area contributed by atoms with Gasteiger partial charge in [-0.15, -0.1) is 0 Å². The highest BCUT2D eigenvalue weighted by molar-refractivity contribution is 6.92. The van der Waals surface area contributed by atoms with E-state index in [0.29, 0.717) is 0 Å². The molecule has 0 radical (unpaired) electrons. The SMILES string of the molecule is CO[Si](OC)(c1cccc(C)c1)c1cccc(C)c1. The van der Waals surface area contributed by atoms with Crippen molar-refractivity contribution in [2.45, 2.75) is 13.8 Å². The number of benzene rings is 2. The van der Waals surface area contributed by atoms with Crippen molar-refractivity contribution in [3.05, 3.63) is 59.7 Å². The molecular weight excluding hydrogens is 252 g/mol. The summed E-state index contributed by atoms with van der Waals surface area (Å²) in [5.74, 6) is 0. The van der Waals surface area contributed by atoms with Crippen LogP contribution in [0.15, 0.2) is 48.5 Å². The molecule has 19 heavy (non-hydrogen) atoms. The van der Waals surface area contributed by atoms with E-state index in [4.69, 9.17) is 8.85 Å². The van der Waals surface area contributed by atoms with Crippen LogP contribution in [-0.2, 0) is 8.85 Å². The third-order valence-electron chi connectivity index (χ3n) is 3.37. The lowest BCUT2D eigenvalue weighted by molar-refractivity contribution is 0.272. The summed E-state index contributed by atoms with van der Waals surface area (Å²) in [6.45, 7) is 4.18. The maximum Gasteiger partial charge on any atom is 0.406 e. The molecule has 0 saturated carbocycles. The van der Waals surface area contributed by atoms with Crippen LogP contribution in [0.3, 0.4) is 0 Å². The van der Waals surface area contributed by atoms with E-state index in [9.17, 15) is 0 Å². The Balaban J connectivity index is 2.60. The second-order valence-electron chi connectivity index (χ2n) is 4.76. The molecule has 0 aromatic heterocycles. The van der Waals surface area contributed by atoms with Gasteiger partial charge in [0.15, 0.2) is 0 Å². The van der Waals surface area contributed by atoms with Crippen LogP contribution in [0.2, 0.25) is 0 Å². The summed E-state index contributed by atoms with van der Waals surface area (Å²) in [6, 6.07) is 16.8. The molecule has 0 unspecified atom stereocenters. The molecule has 0 amide bonds. The van der Waals surface area contributed by atoms with Gasteiger partial charge in [-0.05, 0) is 24.2 Å². The quantitative estimate of drug-likeness (QED) is 0.794. The fourth-order valence-electron chi connectivity index (χ4n) is 2.42. The van der Waals surface area contributed by atoms with Crippen molar-refractivity contribution in [1.29, 1.82) is 0 Å². The van der Waals surface area contributed by atoms with Crippen LogP contribution in [0.4, 0.5) is 0 Å². The first-order valence-electron chi connectivity index (χ1n) is 6.37. The Morgan fingerprint density at radius 1 is 0.737 bits per heavy atom. The zero-order valence-electron chi connectivity index (χ0n) is 11.9. The summed E-state index contributed by atoms with van der Waals surface area (Å²) in [5.41, 5.74) is 2.44. The van der Waals surface area contributed by atoms with Gasteiger partial charge < -0.3 is 8.85 Å². The molecule has 2 aromatic carbocycles. The predicted octanol–water partition coefficient (Wildman–Crippen LogP) is 2.15. The summed E-state index contributed by atoms with van der Waals surface area (Å²) in [6.07, 6.45) is 0. The van der Waals surface area contributed by atoms with Gasteiger partial charge >= 0.3 is 8.56 Å². The van der Waals surface area contributed by atoms with Crippen molar-refractivity contribution in [2.24, 2.45) is 0 Å². The molecule has 0 spiro atoms. The van der Waals surface area contributed by atoms with Crippen LogP contribution in [-0.4, -0.2) is 22.8 Å². The molecular formula is C16H20O2Si. The molecule has 2 aromatic rings. The summed E-state index contributed by atoms with van der Waals surface area (Å²) in [4.78, 5) is 0. The number of aryl methyl sites for hydroxylation is 2. The minimum atomic E-state index is -2.56. The van der Waals surface area contributed by atoms with Crippen molar-refractivity contribution < 1.29 is 8.85 Å². The van der Waals surface area contributed by atoms with E-state index in [2.05, 4.69) is 62.4 Å². The third-order valence-corrected chi connectivity index (χ3v) is 6.66. The number of hydrogen-bond acceptors (Lipinski definition) is 2. The second kappa shape index (κ2) is 5.69.